The van der Waals surface area contributed by atoms with Crippen molar-refractivity contribution in [3.8, 4) is 6.07 Å². The highest BCUT2D eigenvalue weighted by Gasteiger charge is 2.05. The molecule has 0 radical (unpaired) electrons. The normalized spacial score (nSPS) is 17.5. The predicted molar refractivity (Wildman–Crippen MR) is 44.8 cm³/mol. The zero-order chi connectivity index (χ0) is 7.94. The molecule has 0 aromatic heterocycles. The Morgan fingerprint density at radius 1 is 1.36 bits per heavy atom. The zero-order valence-electron chi connectivity index (χ0n) is 6.79. The molecule has 2 nitrogen and oxygen atoms in total. The van der Waals surface area contributed by atoms with Crippen molar-refractivity contribution in [2.24, 2.45) is 0 Å². The van der Waals surface area contributed by atoms with E-state index >= 15 is 0 Å². The van der Waals surface area contributed by atoms with E-state index < -0.39 is 0 Å². The predicted octanol–water partition coefficient (Wildman–Crippen LogP) is 1.90. The van der Waals surface area contributed by atoms with Crippen LogP contribution >= 0.6 is 0 Å². The molecule has 60 valence electrons. The fourth-order valence-electron chi connectivity index (χ4n) is 1.26. The molecular weight excluding hydrogens is 136 g/mol. The summed E-state index contributed by atoms with van der Waals surface area (Å²) in [7, 11) is 0. The second-order valence-electron chi connectivity index (χ2n) is 2.82. The highest BCUT2D eigenvalue weighted by atomic mass is 15.1. The molecule has 1 aliphatic heterocycles. The van der Waals surface area contributed by atoms with Gasteiger partial charge in [0, 0.05) is 19.5 Å². The van der Waals surface area contributed by atoms with Crippen LogP contribution in [0.5, 0.6) is 0 Å². The number of hydrogen-bond donors (Lipinski definition) is 0. The number of nitriles is 1. The lowest BCUT2D eigenvalue weighted by Crippen LogP contribution is -2.09. The summed E-state index contributed by atoms with van der Waals surface area (Å²) in [5.41, 5.74) is 0. The Hall–Kier alpha value is -0.970. The Morgan fingerprint density at radius 3 is 2.73 bits per heavy atom. The Bertz CT molecular complexity index is 161. The van der Waals surface area contributed by atoms with Gasteiger partial charge in [-0.2, -0.15) is 5.26 Å². The first-order chi connectivity index (χ1) is 5.43. The van der Waals surface area contributed by atoms with Crippen molar-refractivity contribution < 1.29 is 0 Å². The number of rotatable bonds is 3. The van der Waals surface area contributed by atoms with Crippen LogP contribution in [0.3, 0.4) is 0 Å². The van der Waals surface area contributed by atoms with Gasteiger partial charge in [-0.1, -0.05) is 6.08 Å². The van der Waals surface area contributed by atoms with Crippen LogP contribution in [0.4, 0.5) is 0 Å². The van der Waals surface area contributed by atoms with Gasteiger partial charge in [0.2, 0.25) is 0 Å². The fraction of sp³-hybridized carbons (Fsp3) is 0.667. The maximum Gasteiger partial charge on any atom is 0.0625 e. The third kappa shape index (κ3) is 3.08. The molecule has 11 heavy (non-hydrogen) atoms. The molecule has 0 atom stereocenters. The number of likely N-dealkylation sites (tertiary alicyclic amines) is 1. The van der Waals surface area contributed by atoms with Crippen LogP contribution in [0, 0.1) is 11.3 Å². The number of allylic oxidation sites excluding steroid dienone is 1. The van der Waals surface area contributed by atoms with Crippen molar-refractivity contribution in [1.29, 1.82) is 5.26 Å². The Morgan fingerprint density at radius 2 is 2.09 bits per heavy atom. The molecule has 0 aromatic rings. The second-order valence-corrected chi connectivity index (χ2v) is 2.82. The van der Waals surface area contributed by atoms with E-state index in [1.165, 1.54) is 25.9 Å². The van der Waals surface area contributed by atoms with Crippen LogP contribution in [0.2, 0.25) is 0 Å². The molecule has 1 heterocycles. The summed E-state index contributed by atoms with van der Waals surface area (Å²) in [4.78, 5) is 2.32. The van der Waals surface area contributed by atoms with E-state index in [0.29, 0.717) is 6.42 Å². The van der Waals surface area contributed by atoms with Crippen molar-refractivity contribution in [2.75, 3.05) is 13.1 Å². The summed E-state index contributed by atoms with van der Waals surface area (Å²) >= 11 is 0. The van der Waals surface area contributed by atoms with Gasteiger partial charge in [0.05, 0.1) is 6.07 Å². The van der Waals surface area contributed by atoms with Gasteiger partial charge in [-0.3, -0.25) is 0 Å². The summed E-state index contributed by atoms with van der Waals surface area (Å²) in [5.74, 6) is 0. The molecule has 1 fully saturated rings. The van der Waals surface area contributed by atoms with E-state index in [2.05, 4.69) is 23.2 Å². The monoisotopic (exact) mass is 150 g/mol. The third-order valence-corrected chi connectivity index (χ3v) is 1.88. The molecular formula is C9H14N2. The minimum atomic E-state index is 0.643. The van der Waals surface area contributed by atoms with Crippen LogP contribution < -0.4 is 0 Å². The third-order valence-electron chi connectivity index (χ3n) is 1.88. The average molecular weight is 150 g/mol. The number of nitrogens with zero attached hydrogens (tertiary/aromatic N) is 2. The quantitative estimate of drug-likeness (QED) is 0.574. The van der Waals surface area contributed by atoms with E-state index in [1.54, 1.807) is 0 Å². The first kappa shape index (κ1) is 8.13. The lowest BCUT2D eigenvalue weighted by atomic mass is 10.3. The maximum atomic E-state index is 8.26. The first-order valence-corrected chi connectivity index (χ1v) is 4.21. The van der Waals surface area contributed by atoms with Crippen molar-refractivity contribution in [3.05, 3.63) is 12.3 Å². The molecule has 0 unspecified atom stereocenters. The zero-order valence-corrected chi connectivity index (χ0v) is 6.79. The van der Waals surface area contributed by atoms with Gasteiger partial charge in [0.25, 0.3) is 0 Å². The standard InChI is InChI=1S/C9H14N2/c10-6-2-1-3-7-11-8-4-5-9-11/h3,7H,1-2,4-5,8-9H2. The van der Waals surface area contributed by atoms with Gasteiger partial charge in [-0.25, -0.2) is 0 Å². The van der Waals surface area contributed by atoms with E-state index in [9.17, 15) is 0 Å². The van der Waals surface area contributed by atoms with E-state index in [0.717, 1.165) is 6.42 Å². The van der Waals surface area contributed by atoms with Crippen molar-refractivity contribution >= 4 is 0 Å². The highest BCUT2D eigenvalue weighted by molar-refractivity contribution is 4.87. The summed E-state index contributed by atoms with van der Waals surface area (Å²) in [6.45, 7) is 2.39. The van der Waals surface area contributed by atoms with Gasteiger partial charge in [-0.15, -0.1) is 0 Å². The number of hydrogen-bond acceptors (Lipinski definition) is 2. The van der Waals surface area contributed by atoms with Gasteiger partial charge < -0.3 is 4.90 Å². The molecule has 2 heteroatoms. The molecule has 0 bridgehead atoms. The lowest BCUT2D eigenvalue weighted by Gasteiger charge is -2.09. The fourth-order valence-corrected chi connectivity index (χ4v) is 1.26. The summed E-state index contributed by atoms with van der Waals surface area (Å²) in [6.07, 6.45) is 8.40. The number of unbranched alkanes of at least 4 members (excludes halogenated alkanes) is 1. The molecule has 1 rings (SSSR count). The summed E-state index contributed by atoms with van der Waals surface area (Å²) in [5, 5.41) is 8.26. The average Bonchev–Trinajstić information content (AvgIpc) is 2.50. The van der Waals surface area contributed by atoms with Crippen LogP contribution in [0.15, 0.2) is 12.3 Å². The molecule has 1 saturated heterocycles. The highest BCUT2D eigenvalue weighted by Crippen LogP contribution is 2.07. The topological polar surface area (TPSA) is 27.0 Å². The van der Waals surface area contributed by atoms with Gasteiger partial charge >= 0.3 is 0 Å². The molecule has 0 aromatic carbocycles. The maximum absolute atomic E-state index is 8.26. The van der Waals surface area contributed by atoms with E-state index in [-0.39, 0.29) is 0 Å². The van der Waals surface area contributed by atoms with Crippen LogP contribution in [0.25, 0.3) is 0 Å². The van der Waals surface area contributed by atoms with Crippen LogP contribution in [0.1, 0.15) is 25.7 Å². The minimum Gasteiger partial charge on any atom is -0.378 e. The van der Waals surface area contributed by atoms with Gasteiger partial charge in [-0.05, 0) is 25.5 Å². The smallest absolute Gasteiger partial charge is 0.0625 e. The van der Waals surface area contributed by atoms with Crippen LogP contribution in [-0.2, 0) is 0 Å². The molecule has 0 amide bonds. The van der Waals surface area contributed by atoms with Gasteiger partial charge in [0.1, 0.15) is 0 Å². The molecule has 0 N–H and O–H groups in total. The van der Waals surface area contributed by atoms with Crippen molar-refractivity contribution in [2.45, 2.75) is 25.7 Å². The van der Waals surface area contributed by atoms with E-state index in [4.69, 9.17) is 5.26 Å². The van der Waals surface area contributed by atoms with Gasteiger partial charge in [0.15, 0.2) is 0 Å². The molecule has 0 saturated carbocycles. The lowest BCUT2D eigenvalue weighted by molar-refractivity contribution is 0.466. The SMILES string of the molecule is N#CCCC=CN1CCCC1. The molecule has 0 spiro atoms. The Balaban J connectivity index is 2.09. The second kappa shape index (κ2) is 4.79. The first-order valence-electron chi connectivity index (χ1n) is 4.21. The van der Waals surface area contributed by atoms with Crippen molar-refractivity contribution in [1.82, 2.24) is 4.90 Å². The molecule has 0 aliphatic carbocycles. The van der Waals surface area contributed by atoms with Crippen molar-refractivity contribution in [3.63, 3.8) is 0 Å². The van der Waals surface area contributed by atoms with Crippen LogP contribution in [-0.4, -0.2) is 18.0 Å². The minimum absolute atomic E-state index is 0.643. The Kier molecular flexibility index (Phi) is 3.54. The summed E-state index contributed by atoms with van der Waals surface area (Å²) in [6, 6.07) is 2.12. The largest absolute Gasteiger partial charge is 0.378 e. The summed E-state index contributed by atoms with van der Waals surface area (Å²) < 4.78 is 0. The Labute approximate surface area is 68.1 Å². The van der Waals surface area contributed by atoms with E-state index in [1.807, 2.05) is 0 Å². The molecule has 1 aliphatic rings.